The Hall–Kier alpha value is -2.70. The molecule has 1 aliphatic carbocycles. The van der Waals surface area contributed by atoms with Gasteiger partial charge < -0.3 is 15.2 Å². The minimum absolute atomic E-state index is 0.197. The number of hydrogen-bond donors (Lipinski definition) is 2. The molecule has 7 nitrogen and oxygen atoms in total. The Kier molecular flexibility index (Phi) is 2.92. The van der Waals surface area contributed by atoms with Crippen LogP contribution in [0.15, 0.2) is 29.2 Å². The Morgan fingerprint density at radius 3 is 3.05 bits per heavy atom. The number of nitrogens with zero attached hydrogens (tertiary/aromatic N) is 3. The van der Waals surface area contributed by atoms with Crippen molar-refractivity contribution in [1.82, 2.24) is 15.0 Å². The smallest absolute Gasteiger partial charge is 0.277 e. The van der Waals surface area contributed by atoms with Gasteiger partial charge in [-0.1, -0.05) is 0 Å². The number of H-pyrrole nitrogens is 1. The molecule has 3 heterocycles. The predicted octanol–water partition coefficient (Wildman–Crippen LogP) is 1.11. The predicted molar refractivity (Wildman–Crippen MR) is 81.2 cm³/mol. The third kappa shape index (κ3) is 2.24. The summed E-state index contributed by atoms with van der Waals surface area (Å²) in [6.07, 6.45) is 3.71. The molecular weight excluding hydrogens is 282 g/mol. The van der Waals surface area contributed by atoms with E-state index in [-0.39, 0.29) is 23.1 Å². The van der Waals surface area contributed by atoms with Gasteiger partial charge >= 0.3 is 0 Å². The third-order valence-electron chi connectivity index (χ3n) is 3.89. The van der Waals surface area contributed by atoms with Crippen molar-refractivity contribution in [2.24, 2.45) is 0 Å². The maximum absolute atomic E-state index is 12.8. The van der Waals surface area contributed by atoms with Gasteiger partial charge in [0.2, 0.25) is 0 Å². The average Bonchev–Trinajstić information content (AvgIpc) is 3.38. The normalized spacial score (nSPS) is 16.8. The zero-order chi connectivity index (χ0) is 15.1. The quantitative estimate of drug-likeness (QED) is 0.866. The molecular formula is C15H15N5O2. The van der Waals surface area contributed by atoms with Gasteiger partial charge in [0.1, 0.15) is 17.3 Å². The first-order chi connectivity index (χ1) is 10.7. The van der Waals surface area contributed by atoms with Crippen molar-refractivity contribution in [3.05, 3.63) is 46.3 Å². The highest BCUT2D eigenvalue weighted by Gasteiger charge is 2.29. The van der Waals surface area contributed by atoms with Gasteiger partial charge in [-0.3, -0.25) is 9.59 Å². The van der Waals surface area contributed by atoms with Crippen LogP contribution in [0.5, 0.6) is 0 Å². The molecule has 0 atom stereocenters. The first-order valence-corrected chi connectivity index (χ1v) is 7.34. The van der Waals surface area contributed by atoms with Gasteiger partial charge in [0, 0.05) is 31.3 Å². The molecule has 0 bridgehead atoms. The molecule has 1 fully saturated rings. The Morgan fingerprint density at radius 2 is 2.23 bits per heavy atom. The molecule has 22 heavy (non-hydrogen) atoms. The highest BCUT2D eigenvalue weighted by molar-refractivity contribution is 6.06. The third-order valence-corrected chi connectivity index (χ3v) is 3.89. The summed E-state index contributed by atoms with van der Waals surface area (Å²) in [5.74, 6) is 1.33. The molecule has 1 saturated carbocycles. The number of pyridine rings is 1. The largest absolute Gasteiger partial charge is 0.367 e. The molecule has 0 spiro atoms. The molecule has 0 saturated heterocycles. The van der Waals surface area contributed by atoms with Crippen molar-refractivity contribution < 1.29 is 4.79 Å². The van der Waals surface area contributed by atoms with E-state index >= 15 is 0 Å². The summed E-state index contributed by atoms with van der Waals surface area (Å²) >= 11 is 0. The number of carbonyl (C=O) groups excluding carboxylic acids is 1. The maximum Gasteiger partial charge on any atom is 0.277 e. The lowest BCUT2D eigenvalue weighted by atomic mass is 10.2. The Morgan fingerprint density at radius 1 is 1.36 bits per heavy atom. The summed E-state index contributed by atoms with van der Waals surface area (Å²) in [6, 6.07) is 4.89. The van der Waals surface area contributed by atoms with Crippen LogP contribution in [-0.4, -0.2) is 33.9 Å². The summed E-state index contributed by atoms with van der Waals surface area (Å²) in [5, 5.41) is 3.16. The second-order valence-corrected chi connectivity index (χ2v) is 5.54. The SMILES string of the molecule is O=C(c1cc(=O)[nH]c(C2CC2)n1)N1CCNc2ncccc21. The fraction of sp³-hybridized carbons (Fsp3) is 0.333. The minimum atomic E-state index is -0.276. The van der Waals surface area contributed by atoms with Crippen LogP contribution < -0.4 is 15.8 Å². The molecule has 7 heteroatoms. The lowest BCUT2D eigenvalue weighted by molar-refractivity contribution is 0.0982. The van der Waals surface area contributed by atoms with E-state index in [1.54, 1.807) is 17.2 Å². The lowest BCUT2D eigenvalue weighted by Gasteiger charge is -2.29. The van der Waals surface area contributed by atoms with Crippen LogP contribution in [0.2, 0.25) is 0 Å². The van der Waals surface area contributed by atoms with Crippen LogP contribution in [0.1, 0.15) is 35.1 Å². The van der Waals surface area contributed by atoms with E-state index in [0.717, 1.165) is 12.8 Å². The molecule has 2 aromatic heterocycles. The van der Waals surface area contributed by atoms with Crippen LogP contribution in [0.25, 0.3) is 0 Å². The number of anilines is 2. The summed E-state index contributed by atoms with van der Waals surface area (Å²) < 4.78 is 0. The van der Waals surface area contributed by atoms with E-state index in [2.05, 4.69) is 20.3 Å². The summed E-state index contributed by atoms with van der Waals surface area (Å²) in [4.78, 5) is 37.5. The van der Waals surface area contributed by atoms with E-state index in [0.29, 0.717) is 30.4 Å². The fourth-order valence-corrected chi connectivity index (χ4v) is 2.64. The van der Waals surface area contributed by atoms with Crippen molar-refractivity contribution in [1.29, 1.82) is 0 Å². The Labute approximate surface area is 126 Å². The zero-order valence-corrected chi connectivity index (χ0v) is 11.9. The van der Waals surface area contributed by atoms with E-state index in [1.165, 1.54) is 6.07 Å². The van der Waals surface area contributed by atoms with E-state index in [1.807, 2.05) is 6.07 Å². The fourth-order valence-electron chi connectivity index (χ4n) is 2.64. The maximum atomic E-state index is 12.8. The van der Waals surface area contributed by atoms with Crippen LogP contribution >= 0.6 is 0 Å². The van der Waals surface area contributed by atoms with Gasteiger partial charge in [0.05, 0.1) is 5.69 Å². The van der Waals surface area contributed by atoms with Gasteiger partial charge in [0.15, 0.2) is 0 Å². The summed E-state index contributed by atoms with van der Waals surface area (Å²) in [5.41, 5.74) is 0.637. The first kappa shape index (κ1) is 13.0. The molecule has 1 amide bonds. The van der Waals surface area contributed by atoms with E-state index in [9.17, 15) is 9.59 Å². The van der Waals surface area contributed by atoms with Crippen molar-refractivity contribution in [3.8, 4) is 0 Å². The number of nitrogens with one attached hydrogen (secondary N) is 2. The number of aromatic amines is 1. The highest BCUT2D eigenvalue weighted by atomic mass is 16.2. The van der Waals surface area contributed by atoms with Gasteiger partial charge in [-0.2, -0.15) is 0 Å². The minimum Gasteiger partial charge on any atom is -0.367 e. The molecule has 1 aliphatic heterocycles. The highest BCUT2D eigenvalue weighted by Crippen LogP contribution is 2.37. The van der Waals surface area contributed by atoms with E-state index < -0.39 is 0 Å². The second kappa shape index (κ2) is 4.94. The second-order valence-electron chi connectivity index (χ2n) is 5.54. The van der Waals surface area contributed by atoms with Gasteiger partial charge in [-0.15, -0.1) is 0 Å². The number of fused-ring (bicyclic) bond motifs is 1. The number of amides is 1. The Bertz CT molecular complexity index is 797. The molecule has 0 unspecified atom stereocenters. The zero-order valence-electron chi connectivity index (χ0n) is 11.9. The van der Waals surface area contributed by atoms with E-state index in [4.69, 9.17) is 0 Å². The standard InChI is InChI=1S/C15H15N5O2/c21-12-8-10(18-13(19-12)9-3-4-9)15(22)20-7-6-17-14-11(20)2-1-5-16-14/h1-2,5,8-9H,3-4,6-7H2,(H,16,17)(H,18,19,21). The molecule has 2 aromatic rings. The topological polar surface area (TPSA) is 91.0 Å². The monoisotopic (exact) mass is 297 g/mol. The Balaban J connectivity index is 1.72. The van der Waals surface area contributed by atoms with Gasteiger partial charge in [-0.25, -0.2) is 9.97 Å². The lowest BCUT2D eigenvalue weighted by Crippen LogP contribution is -2.40. The molecule has 0 radical (unpaired) electrons. The first-order valence-electron chi connectivity index (χ1n) is 7.34. The molecule has 2 aliphatic rings. The van der Waals surface area contributed by atoms with Crippen molar-refractivity contribution >= 4 is 17.4 Å². The number of hydrogen-bond acceptors (Lipinski definition) is 5. The number of rotatable bonds is 2. The van der Waals surface area contributed by atoms with Crippen molar-refractivity contribution in [3.63, 3.8) is 0 Å². The number of aromatic nitrogens is 3. The van der Waals surface area contributed by atoms with Crippen molar-refractivity contribution in [2.75, 3.05) is 23.3 Å². The van der Waals surface area contributed by atoms with Gasteiger partial charge in [0.25, 0.3) is 11.5 Å². The average molecular weight is 297 g/mol. The molecule has 2 N–H and O–H groups in total. The van der Waals surface area contributed by atoms with Crippen LogP contribution in [0.3, 0.4) is 0 Å². The molecule has 4 rings (SSSR count). The number of carbonyl (C=O) groups is 1. The van der Waals surface area contributed by atoms with Gasteiger partial charge in [-0.05, 0) is 25.0 Å². The summed E-state index contributed by atoms with van der Waals surface area (Å²) in [6.45, 7) is 1.14. The van der Waals surface area contributed by atoms with Crippen LogP contribution in [0.4, 0.5) is 11.5 Å². The molecule has 112 valence electrons. The van der Waals surface area contributed by atoms with Crippen LogP contribution in [-0.2, 0) is 0 Å². The summed E-state index contributed by atoms with van der Waals surface area (Å²) in [7, 11) is 0. The molecule has 0 aromatic carbocycles. The van der Waals surface area contributed by atoms with Crippen LogP contribution in [0, 0.1) is 0 Å². The van der Waals surface area contributed by atoms with Crippen molar-refractivity contribution in [2.45, 2.75) is 18.8 Å².